The van der Waals surface area contributed by atoms with Crippen molar-refractivity contribution in [3.8, 4) is 5.75 Å². The first-order valence-electron chi connectivity index (χ1n) is 9.25. The Labute approximate surface area is 179 Å². The van der Waals surface area contributed by atoms with E-state index in [1.54, 1.807) is 38.1 Å². The summed E-state index contributed by atoms with van der Waals surface area (Å²) in [7, 11) is 0. The van der Waals surface area contributed by atoms with Crippen LogP contribution in [-0.4, -0.2) is 35.9 Å². The molecule has 1 N–H and O–H groups in total. The Morgan fingerprint density at radius 1 is 1.17 bits per heavy atom. The Hall–Kier alpha value is -2.31. The molecular formula is C21H23Cl2FN2O3. The van der Waals surface area contributed by atoms with E-state index < -0.39 is 24.4 Å². The van der Waals surface area contributed by atoms with Crippen molar-refractivity contribution < 1.29 is 18.7 Å². The molecule has 0 saturated heterocycles. The van der Waals surface area contributed by atoms with E-state index in [2.05, 4.69) is 5.32 Å². The van der Waals surface area contributed by atoms with Crippen molar-refractivity contribution in [3.05, 3.63) is 63.9 Å². The Kier molecular flexibility index (Phi) is 8.73. The number of amides is 2. The molecule has 0 aromatic heterocycles. The smallest absolute Gasteiger partial charge is 0.261 e. The molecule has 29 heavy (non-hydrogen) atoms. The van der Waals surface area contributed by atoms with E-state index >= 15 is 0 Å². The lowest BCUT2D eigenvalue weighted by atomic mass is 10.1. The summed E-state index contributed by atoms with van der Waals surface area (Å²) in [5.41, 5.74) is 0.637. The Morgan fingerprint density at radius 2 is 1.90 bits per heavy atom. The fraction of sp³-hybridized carbons (Fsp3) is 0.333. The topological polar surface area (TPSA) is 58.6 Å². The van der Waals surface area contributed by atoms with Crippen molar-refractivity contribution in [2.24, 2.45) is 0 Å². The number of likely N-dealkylation sites (N-methyl/N-ethyl adjacent to an activating group) is 1. The van der Waals surface area contributed by atoms with Gasteiger partial charge in [0.2, 0.25) is 5.91 Å². The highest BCUT2D eigenvalue weighted by molar-refractivity contribution is 6.35. The van der Waals surface area contributed by atoms with Gasteiger partial charge in [-0.3, -0.25) is 9.59 Å². The van der Waals surface area contributed by atoms with Crippen LogP contribution in [0.5, 0.6) is 5.75 Å². The van der Waals surface area contributed by atoms with Gasteiger partial charge in [0.05, 0.1) is 0 Å². The highest BCUT2D eigenvalue weighted by atomic mass is 35.5. The molecule has 0 fully saturated rings. The molecule has 0 unspecified atom stereocenters. The van der Waals surface area contributed by atoms with Crippen LogP contribution in [0.1, 0.15) is 25.8 Å². The molecule has 1 atom stereocenters. The number of nitrogens with one attached hydrogen (secondary N) is 1. The lowest BCUT2D eigenvalue weighted by molar-refractivity contribution is -0.143. The second-order valence-electron chi connectivity index (χ2n) is 6.30. The second-order valence-corrected chi connectivity index (χ2v) is 7.14. The predicted octanol–water partition coefficient (Wildman–Crippen LogP) is 4.45. The first-order chi connectivity index (χ1) is 13.9. The molecule has 0 spiro atoms. The van der Waals surface area contributed by atoms with Crippen molar-refractivity contribution in [1.82, 2.24) is 10.2 Å². The van der Waals surface area contributed by atoms with E-state index in [0.717, 1.165) is 0 Å². The Bertz CT molecular complexity index is 864. The van der Waals surface area contributed by atoms with E-state index in [9.17, 15) is 14.0 Å². The Morgan fingerprint density at radius 3 is 2.52 bits per heavy atom. The summed E-state index contributed by atoms with van der Waals surface area (Å²) in [4.78, 5) is 26.9. The standard InChI is InChI=1S/C21H23Cl2FN2O3/c1-3-18(21(28)25-4-2)26(12-14-9-10-15(22)11-16(14)23)20(27)13-29-19-8-6-5-7-17(19)24/h5-11,18H,3-4,12-13H2,1-2H3,(H,25,28)/t18-/m1/s1. The second kappa shape index (κ2) is 11.0. The lowest BCUT2D eigenvalue weighted by Gasteiger charge is -2.30. The molecule has 2 aromatic carbocycles. The summed E-state index contributed by atoms with van der Waals surface area (Å²) in [6, 6.07) is 10.0. The Balaban J connectivity index is 2.25. The van der Waals surface area contributed by atoms with Gasteiger partial charge in [0.15, 0.2) is 18.2 Å². The number of benzene rings is 2. The van der Waals surface area contributed by atoms with Gasteiger partial charge < -0.3 is 15.0 Å². The number of rotatable bonds is 9. The van der Waals surface area contributed by atoms with Crippen LogP contribution in [0, 0.1) is 5.82 Å². The van der Waals surface area contributed by atoms with Crippen LogP contribution in [0.2, 0.25) is 10.0 Å². The van der Waals surface area contributed by atoms with E-state index in [0.29, 0.717) is 28.6 Å². The maximum atomic E-state index is 13.8. The summed E-state index contributed by atoms with van der Waals surface area (Å²) in [5, 5.41) is 3.59. The first-order valence-corrected chi connectivity index (χ1v) is 10.0. The number of nitrogens with zero attached hydrogens (tertiary/aromatic N) is 1. The molecule has 0 radical (unpaired) electrons. The van der Waals surface area contributed by atoms with Crippen LogP contribution in [0.25, 0.3) is 0 Å². The molecule has 0 bridgehead atoms. The van der Waals surface area contributed by atoms with Gasteiger partial charge in [-0.05, 0) is 43.2 Å². The number of hydrogen-bond acceptors (Lipinski definition) is 3. The number of hydrogen-bond donors (Lipinski definition) is 1. The third kappa shape index (κ3) is 6.34. The molecule has 0 aliphatic heterocycles. The largest absolute Gasteiger partial charge is 0.481 e. The third-order valence-corrected chi connectivity index (χ3v) is 4.87. The van der Waals surface area contributed by atoms with Crippen LogP contribution in [0.3, 0.4) is 0 Å². The fourth-order valence-corrected chi connectivity index (χ4v) is 3.30. The van der Waals surface area contributed by atoms with Gasteiger partial charge in [0, 0.05) is 23.1 Å². The first kappa shape index (κ1) is 23.0. The van der Waals surface area contributed by atoms with Crippen molar-refractivity contribution in [2.75, 3.05) is 13.2 Å². The fourth-order valence-electron chi connectivity index (χ4n) is 2.83. The van der Waals surface area contributed by atoms with Crippen molar-refractivity contribution in [1.29, 1.82) is 0 Å². The van der Waals surface area contributed by atoms with Gasteiger partial charge >= 0.3 is 0 Å². The summed E-state index contributed by atoms with van der Waals surface area (Å²) >= 11 is 12.2. The average Bonchev–Trinajstić information content (AvgIpc) is 2.68. The molecule has 2 aromatic rings. The molecule has 0 aliphatic rings. The minimum absolute atomic E-state index is 0.0311. The van der Waals surface area contributed by atoms with Gasteiger partial charge in [-0.2, -0.15) is 0 Å². The van der Waals surface area contributed by atoms with Crippen LogP contribution in [0.15, 0.2) is 42.5 Å². The highest BCUT2D eigenvalue weighted by Gasteiger charge is 2.29. The van der Waals surface area contributed by atoms with Crippen molar-refractivity contribution >= 4 is 35.0 Å². The molecule has 2 amide bonds. The van der Waals surface area contributed by atoms with Crippen molar-refractivity contribution in [2.45, 2.75) is 32.9 Å². The molecular weight excluding hydrogens is 418 g/mol. The SMILES string of the molecule is CCNC(=O)[C@@H](CC)N(Cc1ccc(Cl)cc1Cl)C(=O)COc1ccccc1F. The average molecular weight is 441 g/mol. The van der Waals surface area contributed by atoms with E-state index in [4.69, 9.17) is 27.9 Å². The summed E-state index contributed by atoms with van der Waals surface area (Å²) in [6.07, 6.45) is 0.391. The van der Waals surface area contributed by atoms with Crippen LogP contribution in [0.4, 0.5) is 4.39 Å². The summed E-state index contributed by atoms with van der Waals surface area (Å²) in [5.74, 6) is -1.34. The van der Waals surface area contributed by atoms with Gasteiger partial charge in [-0.1, -0.05) is 48.3 Å². The monoisotopic (exact) mass is 440 g/mol. The van der Waals surface area contributed by atoms with Crippen LogP contribution >= 0.6 is 23.2 Å². The summed E-state index contributed by atoms with van der Waals surface area (Å²) in [6.45, 7) is 3.72. The van der Waals surface area contributed by atoms with Crippen LogP contribution < -0.4 is 10.1 Å². The minimum Gasteiger partial charge on any atom is -0.481 e. The number of carbonyl (C=O) groups excluding carboxylic acids is 2. The molecule has 8 heteroatoms. The molecule has 5 nitrogen and oxygen atoms in total. The van der Waals surface area contributed by atoms with Gasteiger partial charge in [0.1, 0.15) is 6.04 Å². The van der Waals surface area contributed by atoms with E-state index in [-0.39, 0.29) is 18.2 Å². The number of ether oxygens (including phenoxy) is 1. The van der Waals surface area contributed by atoms with Crippen LogP contribution in [-0.2, 0) is 16.1 Å². The number of carbonyl (C=O) groups is 2. The molecule has 2 rings (SSSR count). The third-order valence-electron chi connectivity index (χ3n) is 4.28. The van der Waals surface area contributed by atoms with Gasteiger partial charge in [0.25, 0.3) is 5.91 Å². The molecule has 0 heterocycles. The van der Waals surface area contributed by atoms with Gasteiger partial charge in [-0.25, -0.2) is 4.39 Å². The highest BCUT2D eigenvalue weighted by Crippen LogP contribution is 2.24. The van der Waals surface area contributed by atoms with E-state index in [1.807, 2.05) is 0 Å². The maximum Gasteiger partial charge on any atom is 0.261 e. The number of para-hydroxylation sites is 1. The maximum absolute atomic E-state index is 13.8. The zero-order valence-corrected chi connectivity index (χ0v) is 17.8. The normalized spacial score (nSPS) is 11.6. The number of halogens is 3. The summed E-state index contributed by atoms with van der Waals surface area (Å²) < 4.78 is 19.1. The minimum atomic E-state index is -0.724. The van der Waals surface area contributed by atoms with E-state index in [1.165, 1.54) is 23.1 Å². The quantitative estimate of drug-likeness (QED) is 0.626. The zero-order chi connectivity index (χ0) is 21.4. The zero-order valence-electron chi connectivity index (χ0n) is 16.3. The molecule has 0 saturated carbocycles. The predicted molar refractivity (Wildman–Crippen MR) is 112 cm³/mol. The van der Waals surface area contributed by atoms with Gasteiger partial charge in [-0.15, -0.1) is 0 Å². The van der Waals surface area contributed by atoms with Crippen molar-refractivity contribution in [3.63, 3.8) is 0 Å². The molecule has 0 aliphatic carbocycles. The molecule has 156 valence electrons. The lowest BCUT2D eigenvalue weighted by Crippen LogP contribution is -2.50.